The van der Waals surface area contributed by atoms with Crippen LogP contribution < -0.4 is 0 Å². The predicted octanol–water partition coefficient (Wildman–Crippen LogP) is 13.2. The minimum Gasteiger partial charge on any atom is -0.462 e. The van der Waals surface area contributed by atoms with Gasteiger partial charge in [0.1, 0.15) is 6.61 Å². The molecular weight excluding hydrogens is 687 g/mol. The summed E-state index contributed by atoms with van der Waals surface area (Å²) in [4.78, 5) is 34.7. The molecule has 0 radical (unpaired) electrons. The zero-order valence-corrected chi connectivity index (χ0v) is 34.8. The maximum atomic E-state index is 12.5. The van der Waals surface area contributed by atoms with Crippen molar-refractivity contribution in [2.45, 2.75) is 187 Å². The third-order valence-electron chi connectivity index (χ3n) is 8.56. The Balaban J connectivity index is 4.15. The molecule has 0 fully saturated rings. The number of ether oxygens (including phenoxy) is 2. The van der Waals surface area contributed by atoms with Gasteiger partial charge in [0.05, 0.1) is 13.2 Å². The number of hydrogen-bond acceptors (Lipinski definition) is 7. The highest BCUT2D eigenvalue weighted by Gasteiger charge is 2.25. The van der Waals surface area contributed by atoms with Crippen LogP contribution >= 0.6 is 7.82 Å². The fourth-order valence-corrected chi connectivity index (χ4v) is 6.25. The van der Waals surface area contributed by atoms with Crippen LogP contribution in [0, 0.1) is 0 Å². The monoisotopic (exact) mass is 765 g/mol. The van der Waals surface area contributed by atoms with Gasteiger partial charge in [0.25, 0.3) is 0 Å². The van der Waals surface area contributed by atoms with Crippen molar-refractivity contribution in [3.63, 3.8) is 0 Å². The lowest BCUT2D eigenvalue weighted by atomic mass is 10.1. The van der Waals surface area contributed by atoms with Gasteiger partial charge in [-0.15, -0.1) is 0 Å². The number of carbonyl (C=O) groups is 2. The molecule has 0 saturated carbocycles. The molecule has 0 bridgehead atoms. The van der Waals surface area contributed by atoms with Gasteiger partial charge in [0.2, 0.25) is 0 Å². The lowest BCUT2D eigenvalue weighted by Crippen LogP contribution is -2.29. The maximum absolute atomic E-state index is 12.5. The van der Waals surface area contributed by atoms with Gasteiger partial charge in [-0.25, -0.2) is 4.57 Å². The number of hydrogen-bond donors (Lipinski definition) is 1. The SMILES string of the molecule is CC/C=C\C/C=C\C/C=C\CCCCCCCCCC(=O)OC(COC(=O)CCCCCCC/C=C\C/C=C\CCCCCC)COP(=O)(O)OCC. The van der Waals surface area contributed by atoms with Crippen LogP contribution in [0.25, 0.3) is 0 Å². The van der Waals surface area contributed by atoms with Gasteiger partial charge in [-0.3, -0.25) is 18.6 Å². The Labute approximate surface area is 324 Å². The van der Waals surface area contributed by atoms with E-state index in [1.807, 2.05) is 0 Å². The second-order valence-electron chi connectivity index (χ2n) is 13.6. The Kier molecular flexibility index (Phi) is 37.8. The van der Waals surface area contributed by atoms with E-state index in [-0.39, 0.29) is 32.0 Å². The third-order valence-corrected chi connectivity index (χ3v) is 9.62. The van der Waals surface area contributed by atoms with Crippen molar-refractivity contribution in [3.8, 4) is 0 Å². The molecule has 1 N–H and O–H groups in total. The topological polar surface area (TPSA) is 108 Å². The van der Waals surface area contributed by atoms with E-state index >= 15 is 0 Å². The van der Waals surface area contributed by atoms with E-state index in [0.29, 0.717) is 6.42 Å². The zero-order chi connectivity index (χ0) is 38.9. The summed E-state index contributed by atoms with van der Waals surface area (Å²) in [5.41, 5.74) is 0. The van der Waals surface area contributed by atoms with E-state index in [0.717, 1.165) is 89.9 Å². The number of phosphoric ester groups is 1. The second kappa shape index (κ2) is 39.4. The number of allylic oxidation sites excluding steroid dienone is 10. The van der Waals surface area contributed by atoms with Gasteiger partial charge in [-0.05, 0) is 84.0 Å². The van der Waals surface area contributed by atoms with Crippen LogP contribution in [0.3, 0.4) is 0 Å². The van der Waals surface area contributed by atoms with Gasteiger partial charge in [-0.1, -0.05) is 145 Å². The summed E-state index contributed by atoms with van der Waals surface area (Å²) in [6.45, 7) is 5.31. The highest BCUT2D eigenvalue weighted by Crippen LogP contribution is 2.43. The van der Waals surface area contributed by atoms with Gasteiger partial charge in [-0.2, -0.15) is 0 Å². The van der Waals surface area contributed by atoms with Gasteiger partial charge < -0.3 is 14.4 Å². The lowest BCUT2D eigenvalue weighted by Gasteiger charge is -2.19. The summed E-state index contributed by atoms with van der Waals surface area (Å²) in [5, 5.41) is 0. The molecule has 0 aromatic carbocycles. The second-order valence-corrected chi connectivity index (χ2v) is 15.1. The molecule has 8 nitrogen and oxygen atoms in total. The smallest absolute Gasteiger partial charge is 0.462 e. The van der Waals surface area contributed by atoms with Crippen molar-refractivity contribution < 1.29 is 37.6 Å². The molecule has 2 atom stereocenters. The van der Waals surface area contributed by atoms with Crippen molar-refractivity contribution in [1.29, 1.82) is 0 Å². The van der Waals surface area contributed by atoms with E-state index in [1.165, 1.54) is 51.4 Å². The molecule has 0 aromatic heterocycles. The fourth-order valence-electron chi connectivity index (χ4n) is 5.50. The molecule has 2 unspecified atom stereocenters. The Bertz CT molecular complexity index is 1050. The van der Waals surface area contributed by atoms with Gasteiger partial charge >= 0.3 is 19.8 Å². The molecule has 0 rings (SSSR count). The van der Waals surface area contributed by atoms with Crippen molar-refractivity contribution in [3.05, 3.63) is 60.8 Å². The number of rotatable bonds is 38. The minimum absolute atomic E-state index is 0.00663. The predicted molar refractivity (Wildman–Crippen MR) is 221 cm³/mol. The Morgan fingerprint density at radius 2 is 0.962 bits per heavy atom. The van der Waals surface area contributed by atoms with Gasteiger partial charge in [0.15, 0.2) is 6.10 Å². The highest BCUT2D eigenvalue weighted by molar-refractivity contribution is 7.47. The molecule has 9 heteroatoms. The molecule has 0 saturated heterocycles. The molecule has 0 aliphatic carbocycles. The van der Waals surface area contributed by atoms with Crippen LogP contribution in [0.5, 0.6) is 0 Å². The standard InChI is InChI=1S/C44H77O8P/c1-4-7-9-11-13-15-17-19-21-23-25-27-29-31-33-35-37-39-44(46)52-42(41-51-53(47,48)50-6-3)40-49-43(45)38-36-34-32-30-28-26-24-22-20-18-16-14-12-10-8-5-2/h7,9,13,15-16,18-19,21-22,24,42H,4-6,8,10-12,14,17,20,23,25-41H2,1-3H3,(H,47,48)/b9-7-,15-13-,18-16-,21-19-,24-22-. The van der Waals surface area contributed by atoms with E-state index in [4.69, 9.17) is 18.5 Å². The first-order valence-electron chi connectivity index (χ1n) is 21.1. The summed E-state index contributed by atoms with van der Waals surface area (Å²) in [7, 11) is -4.29. The summed E-state index contributed by atoms with van der Waals surface area (Å²) in [5.74, 6) is -0.828. The quantitative estimate of drug-likeness (QED) is 0.0286. The molecule has 0 aliphatic heterocycles. The van der Waals surface area contributed by atoms with Crippen molar-refractivity contribution >= 4 is 19.8 Å². The summed E-state index contributed by atoms with van der Waals surface area (Å²) >= 11 is 0. The molecule has 0 spiro atoms. The molecule has 0 amide bonds. The van der Waals surface area contributed by atoms with Crippen LogP contribution in [0.1, 0.15) is 181 Å². The fraction of sp³-hybridized carbons (Fsp3) is 0.727. The molecule has 0 aromatic rings. The zero-order valence-electron chi connectivity index (χ0n) is 33.9. The number of unbranched alkanes of at least 4 members (excludes halogenated alkanes) is 16. The van der Waals surface area contributed by atoms with Crippen LogP contribution in [0.15, 0.2) is 60.8 Å². The minimum atomic E-state index is -4.29. The Hall–Kier alpha value is -2.25. The lowest BCUT2D eigenvalue weighted by molar-refractivity contribution is -0.161. The molecule has 0 heterocycles. The Morgan fingerprint density at radius 3 is 1.45 bits per heavy atom. The summed E-state index contributed by atoms with van der Waals surface area (Å²) in [6.07, 6.45) is 47.0. The first-order valence-corrected chi connectivity index (χ1v) is 22.6. The molecule has 306 valence electrons. The Morgan fingerprint density at radius 1 is 0.528 bits per heavy atom. The normalized spacial score (nSPS) is 14.0. The first-order chi connectivity index (χ1) is 25.8. The van der Waals surface area contributed by atoms with Crippen LogP contribution in [-0.2, 0) is 32.7 Å². The first kappa shape index (κ1) is 50.8. The number of esters is 2. The molecular formula is C44H77O8P. The summed E-state index contributed by atoms with van der Waals surface area (Å²) < 4.78 is 32.6. The van der Waals surface area contributed by atoms with E-state index < -0.39 is 26.5 Å². The van der Waals surface area contributed by atoms with Gasteiger partial charge in [0, 0.05) is 12.8 Å². The molecule has 0 aliphatic rings. The van der Waals surface area contributed by atoms with Crippen molar-refractivity contribution in [1.82, 2.24) is 0 Å². The summed E-state index contributed by atoms with van der Waals surface area (Å²) in [6, 6.07) is 0. The molecule has 53 heavy (non-hydrogen) atoms. The largest absolute Gasteiger partial charge is 0.472 e. The van der Waals surface area contributed by atoms with E-state index in [1.54, 1.807) is 6.92 Å². The average molecular weight is 765 g/mol. The van der Waals surface area contributed by atoms with Crippen LogP contribution in [0.2, 0.25) is 0 Å². The number of carbonyl (C=O) groups excluding carboxylic acids is 2. The maximum Gasteiger partial charge on any atom is 0.472 e. The van der Waals surface area contributed by atoms with E-state index in [9.17, 15) is 19.0 Å². The van der Waals surface area contributed by atoms with Crippen LogP contribution in [0.4, 0.5) is 0 Å². The van der Waals surface area contributed by atoms with Crippen LogP contribution in [-0.4, -0.2) is 42.8 Å². The average Bonchev–Trinajstić information content (AvgIpc) is 3.13. The van der Waals surface area contributed by atoms with Crippen molar-refractivity contribution in [2.75, 3.05) is 19.8 Å². The van der Waals surface area contributed by atoms with Crippen molar-refractivity contribution in [2.24, 2.45) is 0 Å². The third kappa shape index (κ3) is 39.3. The number of phosphoric acid groups is 1. The highest BCUT2D eigenvalue weighted by atomic mass is 31.2. The van der Waals surface area contributed by atoms with E-state index in [2.05, 4.69) is 74.6 Å².